The van der Waals surface area contributed by atoms with Gasteiger partial charge >= 0.3 is 0 Å². The van der Waals surface area contributed by atoms with Crippen LogP contribution in [0, 0.1) is 0 Å². The molecule has 0 unspecified atom stereocenters. The lowest BCUT2D eigenvalue weighted by molar-refractivity contribution is 1.30. The Morgan fingerprint density at radius 3 is 2.59 bits per heavy atom. The molecule has 0 bridgehead atoms. The van der Waals surface area contributed by atoms with E-state index >= 15 is 0 Å². The maximum absolute atomic E-state index is 5.89. The number of nitrogens with zero attached hydrogens (tertiary/aromatic N) is 2. The van der Waals surface area contributed by atoms with Crippen LogP contribution >= 0.6 is 0 Å². The van der Waals surface area contributed by atoms with Crippen LogP contribution in [-0.4, -0.2) is 9.97 Å². The monoisotopic (exact) mass is 288 g/mol. The van der Waals surface area contributed by atoms with Crippen LogP contribution in [0.4, 0.5) is 17.2 Å². The fraction of sp³-hybridized carbons (Fsp3) is 0. The third kappa shape index (κ3) is 3.49. The van der Waals surface area contributed by atoms with Gasteiger partial charge in [0.25, 0.3) is 0 Å². The minimum atomic E-state index is 0.622. The first-order chi connectivity index (χ1) is 10.8. The van der Waals surface area contributed by atoms with E-state index in [4.69, 9.17) is 5.73 Å². The van der Waals surface area contributed by atoms with E-state index < -0.39 is 0 Å². The summed E-state index contributed by atoms with van der Waals surface area (Å²) in [6.45, 7) is 0. The van der Waals surface area contributed by atoms with E-state index in [0.717, 1.165) is 16.9 Å². The number of pyridine rings is 2. The molecule has 0 aliphatic carbocycles. The van der Waals surface area contributed by atoms with Gasteiger partial charge in [-0.3, -0.25) is 4.98 Å². The normalized spacial score (nSPS) is 10.7. The molecular formula is C18H16N4. The Morgan fingerprint density at radius 1 is 0.864 bits per heavy atom. The third-order valence-electron chi connectivity index (χ3n) is 3.12. The van der Waals surface area contributed by atoms with Gasteiger partial charge in [-0.15, -0.1) is 0 Å². The Bertz CT molecular complexity index is 782. The Kier molecular flexibility index (Phi) is 4.11. The van der Waals surface area contributed by atoms with Gasteiger partial charge in [-0.25, -0.2) is 4.98 Å². The van der Waals surface area contributed by atoms with Crippen LogP contribution in [0.5, 0.6) is 0 Å². The van der Waals surface area contributed by atoms with Crippen molar-refractivity contribution in [2.75, 3.05) is 11.1 Å². The maximum atomic E-state index is 5.89. The van der Waals surface area contributed by atoms with Crippen molar-refractivity contribution in [3.8, 4) is 0 Å². The van der Waals surface area contributed by atoms with E-state index in [1.54, 1.807) is 12.4 Å². The molecule has 4 heteroatoms. The summed E-state index contributed by atoms with van der Waals surface area (Å²) < 4.78 is 0. The van der Waals surface area contributed by atoms with Crippen LogP contribution in [0.25, 0.3) is 12.2 Å². The number of rotatable bonds is 4. The summed E-state index contributed by atoms with van der Waals surface area (Å²) in [5.74, 6) is 0.661. The molecular weight excluding hydrogens is 272 g/mol. The van der Waals surface area contributed by atoms with Crippen LogP contribution in [0.2, 0.25) is 0 Å². The zero-order chi connectivity index (χ0) is 15.2. The summed E-state index contributed by atoms with van der Waals surface area (Å²) in [6, 6.07) is 17.5. The lowest BCUT2D eigenvalue weighted by Gasteiger charge is -2.08. The third-order valence-corrected chi connectivity index (χ3v) is 3.12. The molecule has 0 aliphatic heterocycles. The highest BCUT2D eigenvalue weighted by molar-refractivity contribution is 5.73. The Balaban J connectivity index is 1.78. The van der Waals surface area contributed by atoms with Crippen molar-refractivity contribution < 1.29 is 0 Å². The summed E-state index contributed by atoms with van der Waals surface area (Å²) >= 11 is 0. The average molecular weight is 288 g/mol. The lowest BCUT2D eigenvalue weighted by atomic mass is 10.1. The molecule has 0 radical (unpaired) electrons. The standard InChI is InChI=1S/C18H16N4/c19-17-8-4-12-21-18(17)22-16-7-3-5-14(13-16)9-10-15-6-1-2-11-20-15/h1-13H,19H2,(H,21,22). The molecule has 0 fully saturated rings. The topological polar surface area (TPSA) is 63.8 Å². The predicted octanol–water partition coefficient (Wildman–Crippen LogP) is 3.97. The molecule has 0 aliphatic rings. The Morgan fingerprint density at radius 2 is 1.77 bits per heavy atom. The van der Waals surface area contributed by atoms with Crippen molar-refractivity contribution in [2.24, 2.45) is 0 Å². The van der Waals surface area contributed by atoms with Gasteiger partial charge in [0.15, 0.2) is 5.82 Å². The van der Waals surface area contributed by atoms with Crippen molar-refractivity contribution in [3.63, 3.8) is 0 Å². The Labute approximate surface area is 129 Å². The number of anilines is 3. The molecule has 3 rings (SSSR count). The number of hydrogen-bond acceptors (Lipinski definition) is 4. The van der Waals surface area contributed by atoms with Crippen molar-refractivity contribution in [3.05, 3.63) is 78.2 Å². The van der Waals surface area contributed by atoms with Crippen LogP contribution < -0.4 is 11.1 Å². The molecule has 0 spiro atoms. The van der Waals surface area contributed by atoms with Gasteiger partial charge < -0.3 is 11.1 Å². The zero-order valence-electron chi connectivity index (χ0n) is 12.0. The largest absolute Gasteiger partial charge is 0.396 e. The molecule has 0 saturated carbocycles. The number of nitrogens with one attached hydrogen (secondary N) is 1. The van der Waals surface area contributed by atoms with Gasteiger partial charge in [0.2, 0.25) is 0 Å². The molecule has 4 nitrogen and oxygen atoms in total. The van der Waals surface area contributed by atoms with E-state index in [1.807, 2.05) is 66.7 Å². The van der Waals surface area contributed by atoms with E-state index in [-0.39, 0.29) is 0 Å². The van der Waals surface area contributed by atoms with Crippen molar-refractivity contribution >= 4 is 29.3 Å². The van der Waals surface area contributed by atoms with Crippen molar-refractivity contribution in [1.29, 1.82) is 0 Å². The smallest absolute Gasteiger partial charge is 0.153 e. The second-order valence-corrected chi connectivity index (χ2v) is 4.78. The number of aromatic nitrogens is 2. The first kappa shape index (κ1) is 13.8. The van der Waals surface area contributed by atoms with E-state index in [1.165, 1.54) is 0 Å². The number of benzene rings is 1. The number of nitrogens with two attached hydrogens (primary N) is 1. The Hall–Kier alpha value is -3.14. The van der Waals surface area contributed by atoms with Crippen LogP contribution in [0.1, 0.15) is 11.3 Å². The molecule has 22 heavy (non-hydrogen) atoms. The SMILES string of the molecule is Nc1cccnc1Nc1cccc(C=Cc2ccccn2)c1. The zero-order valence-corrected chi connectivity index (χ0v) is 12.0. The summed E-state index contributed by atoms with van der Waals surface area (Å²) in [7, 11) is 0. The van der Waals surface area contributed by atoms with Crippen LogP contribution in [0.3, 0.4) is 0 Å². The molecule has 0 atom stereocenters. The first-order valence-electron chi connectivity index (χ1n) is 6.98. The molecule has 1 aromatic carbocycles. The highest BCUT2D eigenvalue weighted by atomic mass is 15.0. The van der Waals surface area contributed by atoms with Gasteiger partial charge in [-0.05, 0) is 48.0 Å². The van der Waals surface area contributed by atoms with Gasteiger partial charge in [0, 0.05) is 18.1 Å². The summed E-state index contributed by atoms with van der Waals surface area (Å²) in [5, 5.41) is 3.23. The molecule has 2 aromatic heterocycles. The van der Waals surface area contributed by atoms with Gasteiger partial charge in [-0.2, -0.15) is 0 Å². The number of hydrogen-bond donors (Lipinski definition) is 2. The number of nitrogen functional groups attached to an aromatic ring is 1. The predicted molar refractivity (Wildman–Crippen MR) is 91.5 cm³/mol. The maximum Gasteiger partial charge on any atom is 0.153 e. The molecule has 3 aromatic rings. The minimum absolute atomic E-state index is 0.622. The van der Waals surface area contributed by atoms with Crippen molar-refractivity contribution in [2.45, 2.75) is 0 Å². The highest BCUT2D eigenvalue weighted by Crippen LogP contribution is 2.21. The van der Waals surface area contributed by atoms with Crippen LogP contribution in [-0.2, 0) is 0 Å². The van der Waals surface area contributed by atoms with Gasteiger partial charge in [-0.1, -0.05) is 24.3 Å². The molecule has 108 valence electrons. The van der Waals surface area contributed by atoms with Crippen molar-refractivity contribution in [1.82, 2.24) is 9.97 Å². The highest BCUT2D eigenvalue weighted by Gasteiger charge is 2.00. The van der Waals surface area contributed by atoms with Crippen LogP contribution in [0.15, 0.2) is 67.0 Å². The quantitative estimate of drug-likeness (QED) is 0.762. The molecule has 0 saturated heterocycles. The molecule has 0 amide bonds. The summed E-state index contributed by atoms with van der Waals surface area (Å²) in [6.07, 6.45) is 7.49. The minimum Gasteiger partial charge on any atom is -0.396 e. The second kappa shape index (κ2) is 6.54. The second-order valence-electron chi connectivity index (χ2n) is 4.78. The fourth-order valence-electron chi connectivity index (χ4n) is 2.04. The van der Waals surface area contributed by atoms with Gasteiger partial charge in [0.05, 0.1) is 11.4 Å². The average Bonchev–Trinajstić information content (AvgIpc) is 2.57. The lowest BCUT2D eigenvalue weighted by Crippen LogP contribution is -1.98. The van der Waals surface area contributed by atoms with E-state index in [0.29, 0.717) is 11.5 Å². The fourth-order valence-corrected chi connectivity index (χ4v) is 2.04. The summed E-state index contributed by atoms with van der Waals surface area (Å²) in [5.41, 5.74) is 9.45. The first-order valence-corrected chi connectivity index (χ1v) is 6.98. The van der Waals surface area contributed by atoms with E-state index in [9.17, 15) is 0 Å². The summed E-state index contributed by atoms with van der Waals surface area (Å²) in [4.78, 5) is 8.50. The van der Waals surface area contributed by atoms with Gasteiger partial charge in [0.1, 0.15) is 0 Å². The molecule has 2 heterocycles. The molecule has 3 N–H and O–H groups in total. The van der Waals surface area contributed by atoms with E-state index in [2.05, 4.69) is 15.3 Å².